The number of halogens is 2. The molecule has 0 unspecified atom stereocenters. The van der Waals surface area contributed by atoms with Crippen LogP contribution in [0.2, 0.25) is 0 Å². The van der Waals surface area contributed by atoms with Gasteiger partial charge in [0.15, 0.2) is 0 Å². The van der Waals surface area contributed by atoms with Crippen molar-refractivity contribution in [3.63, 3.8) is 0 Å². The van der Waals surface area contributed by atoms with E-state index in [0.717, 1.165) is 0 Å². The molecule has 1 aliphatic rings. The van der Waals surface area contributed by atoms with E-state index in [0.29, 0.717) is 0 Å². The average molecular weight is 489 g/mol. The van der Waals surface area contributed by atoms with Crippen molar-refractivity contribution in [3.05, 3.63) is 89.5 Å². The molecule has 3 aromatic carbocycles. The molecule has 28 heavy (non-hydrogen) atoms. The number of hydrogen-bond donors (Lipinski definition) is 0. The third kappa shape index (κ3) is 5.99. The largest absolute Gasteiger partial charge is 4.00 e. The van der Waals surface area contributed by atoms with Crippen molar-refractivity contribution in [1.82, 2.24) is 0 Å². The van der Waals surface area contributed by atoms with E-state index >= 15 is 0 Å². The third-order valence-electron chi connectivity index (χ3n) is 5.29. The van der Waals surface area contributed by atoms with Crippen molar-refractivity contribution in [2.75, 3.05) is 0 Å². The van der Waals surface area contributed by atoms with Crippen LogP contribution in [-0.2, 0) is 26.2 Å². The Morgan fingerprint density at radius 1 is 0.821 bits per heavy atom. The number of benzene rings is 2. The van der Waals surface area contributed by atoms with Crippen LogP contribution in [0.15, 0.2) is 83.4 Å². The molecule has 0 aliphatic heterocycles. The van der Waals surface area contributed by atoms with E-state index in [1.54, 1.807) is 0 Å². The number of hydrogen-bond acceptors (Lipinski definition) is 0. The van der Waals surface area contributed by atoms with E-state index in [1.165, 1.54) is 38.6 Å². The zero-order valence-electron chi connectivity index (χ0n) is 17.1. The molecule has 0 aromatic heterocycles. The summed E-state index contributed by atoms with van der Waals surface area (Å²) >= 11 is 0. The van der Waals surface area contributed by atoms with Gasteiger partial charge in [0.05, 0.1) is 0 Å². The minimum Gasteiger partial charge on any atom is -1.00 e. The summed E-state index contributed by atoms with van der Waals surface area (Å²) in [5.41, 5.74) is 6.98. The molecule has 0 N–H and O–H groups in total. The summed E-state index contributed by atoms with van der Waals surface area (Å²) in [6, 6.07) is 23.4. The van der Waals surface area contributed by atoms with Crippen LogP contribution in [0.25, 0.3) is 21.9 Å². The van der Waals surface area contributed by atoms with Crippen molar-refractivity contribution >= 4 is 10.8 Å². The molecular weight excluding hydrogens is 462 g/mol. The maximum absolute atomic E-state index is 3.44. The molecule has 144 valence electrons. The van der Waals surface area contributed by atoms with E-state index in [4.69, 9.17) is 0 Å². The molecule has 0 saturated carbocycles. The molecule has 4 rings (SSSR count). The van der Waals surface area contributed by atoms with Gasteiger partial charge in [-0.2, -0.15) is 11.1 Å². The van der Waals surface area contributed by atoms with Crippen LogP contribution in [0.3, 0.4) is 0 Å². The maximum atomic E-state index is 3.44. The smallest absolute Gasteiger partial charge is 1.00 e. The second-order valence-electron chi connectivity index (χ2n) is 7.36. The molecule has 0 amide bonds. The third-order valence-corrected chi connectivity index (χ3v) is 5.29. The summed E-state index contributed by atoms with van der Waals surface area (Å²) in [4.78, 5) is 0. The van der Waals surface area contributed by atoms with Crippen LogP contribution >= 0.6 is 0 Å². The summed E-state index contributed by atoms with van der Waals surface area (Å²) in [5, 5.41) is 2.63. The molecule has 0 fully saturated rings. The van der Waals surface area contributed by atoms with E-state index in [2.05, 4.69) is 101 Å². The first kappa shape index (κ1) is 27.0. The van der Waals surface area contributed by atoms with Gasteiger partial charge in [0, 0.05) is 0 Å². The van der Waals surface area contributed by atoms with Gasteiger partial charge in [0.1, 0.15) is 0 Å². The second-order valence-corrected chi connectivity index (χ2v) is 7.36. The first-order chi connectivity index (χ1) is 11.9. The molecule has 0 nitrogen and oxygen atoms in total. The standard InChI is InChI=1S/C15H11.C10H15.2ClH.Zr/c1-2-6-12(7-3-1)15-10-13-8-4-5-9-14(13)11-15;1-7-6-10(4,5)9(3)8(7)2;;;/h1-11H;1-5H3;2*1H;/q2*-1;;;+4/p-2. The Morgan fingerprint density at radius 2 is 1.39 bits per heavy atom. The minimum absolute atomic E-state index is 0. The van der Waals surface area contributed by atoms with Gasteiger partial charge < -0.3 is 24.8 Å². The monoisotopic (exact) mass is 486 g/mol. The fourth-order valence-electron chi connectivity index (χ4n) is 3.35. The van der Waals surface area contributed by atoms with Gasteiger partial charge in [-0.1, -0.05) is 87.2 Å². The molecule has 3 heteroatoms. The molecule has 1 aliphatic carbocycles. The van der Waals surface area contributed by atoms with Crippen LogP contribution in [0, 0.1) is 11.5 Å². The van der Waals surface area contributed by atoms with Crippen molar-refractivity contribution in [3.8, 4) is 11.1 Å². The number of rotatable bonds is 1. The zero-order valence-corrected chi connectivity index (χ0v) is 21.1. The maximum Gasteiger partial charge on any atom is 4.00 e. The number of fused-ring (bicyclic) bond motifs is 1. The Labute approximate surface area is 201 Å². The molecule has 0 bridgehead atoms. The Hall–Kier alpha value is -1.01. The van der Waals surface area contributed by atoms with Gasteiger partial charge in [-0.05, 0) is 0 Å². The average Bonchev–Trinajstić information content (AvgIpc) is 3.12. The predicted molar refractivity (Wildman–Crippen MR) is 110 cm³/mol. The van der Waals surface area contributed by atoms with Crippen molar-refractivity contribution in [2.24, 2.45) is 5.41 Å². The first-order valence-corrected chi connectivity index (χ1v) is 8.89. The van der Waals surface area contributed by atoms with E-state index < -0.39 is 0 Å². The fraction of sp³-hybridized carbons (Fsp3) is 0.240. The van der Waals surface area contributed by atoms with Crippen molar-refractivity contribution in [2.45, 2.75) is 34.6 Å². The van der Waals surface area contributed by atoms with Gasteiger partial charge in [0.2, 0.25) is 0 Å². The van der Waals surface area contributed by atoms with Crippen molar-refractivity contribution in [1.29, 1.82) is 0 Å². The molecule has 0 radical (unpaired) electrons. The topological polar surface area (TPSA) is 0 Å². The molecule has 0 saturated heterocycles. The Bertz CT molecular complexity index is 914. The SMILES string of the molecule is CC1=[C-]C(C)(C)C(C)=C1C.[Cl-].[Cl-].[Zr+4].c1ccc(-c2cc3ccccc3[cH-]2)cc1. The van der Waals surface area contributed by atoms with Crippen LogP contribution in [-0.4, -0.2) is 0 Å². The Morgan fingerprint density at radius 3 is 1.86 bits per heavy atom. The van der Waals surface area contributed by atoms with Crippen LogP contribution in [0.4, 0.5) is 0 Å². The fourth-order valence-corrected chi connectivity index (χ4v) is 3.35. The molecule has 0 heterocycles. The predicted octanol–water partition coefficient (Wildman–Crippen LogP) is 1.34. The Balaban J connectivity index is 0.000000503. The van der Waals surface area contributed by atoms with Crippen molar-refractivity contribution < 1.29 is 51.0 Å². The number of allylic oxidation sites excluding steroid dienone is 4. The van der Waals surface area contributed by atoms with E-state index in [1.807, 2.05) is 6.07 Å². The van der Waals surface area contributed by atoms with E-state index in [9.17, 15) is 0 Å². The van der Waals surface area contributed by atoms with Crippen LogP contribution in [0.5, 0.6) is 0 Å². The minimum atomic E-state index is 0. The summed E-state index contributed by atoms with van der Waals surface area (Å²) in [6.07, 6.45) is 3.44. The van der Waals surface area contributed by atoms with Gasteiger partial charge in [0.25, 0.3) is 0 Å². The first-order valence-electron chi connectivity index (χ1n) is 8.89. The summed E-state index contributed by atoms with van der Waals surface area (Å²) in [6.45, 7) is 10.9. The second kappa shape index (κ2) is 11.2. The molecular formula is C25H26Cl2Zr. The molecule has 3 aromatic rings. The van der Waals surface area contributed by atoms with Gasteiger partial charge in [-0.3, -0.25) is 6.08 Å². The van der Waals surface area contributed by atoms with Gasteiger partial charge in [-0.15, -0.1) is 41.5 Å². The zero-order chi connectivity index (χ0) is 18.0. The van der Waals surface area contributed by atoms with E-state index in [-0.39, 0.29) is 56.4 Å². The summed E-state index contributed by atoms with van der Waals surface area (Å²) < 4.78 is 0. The normalized spacial score (nSPS) is 14.1. The molecule has 0 spiro atoms. The summed E-state index contributed by atoms with van der Waals surface area (Å²) in [5.74, 6) is 0. The molecule has 0 atom stereocenters. The Kier molecular flexibility index (Phi) is 10.8. The quantitative estimate of drug-likeness (QED) is 0.454. The van der Waals surface area contributed by atoms with Crippen LogP contribution in [0.1, 0.15) is 34.6 Å². The van der Waals surface area contributed by atoms with Gasteiger partial charge in [-0.25, -0.2) is 5.57 Å². The van der Waals surface area contributed by atoms with Crippen LogP contribution < -0.4 is 24.8 Å². The summed E-state index contributed by atoms with van der Waals surface area (Å²) in [7, 11) is 0. The van der Waals surface area contributed by atoms with Gasteiger partial charge >= 0.3 is 26.2 Å².